The minimum absolute atomic E-state index is 0.0525. The second-order valence-electron chi connectivity index (χ2n) is 7.47. The van der Waals surface area contributed by atoms with Crippen LogP contribution in [0.15, 0.2) is 0 Å². The monoisotopic (exact) mass is 446 g/mol. The quantitative estimate of drug-likeness (QED) is 0.159. The van der Waals surface area contributed by atoms with Crippen molar-refractivity contribution in [1.82, 2.24) is 16.0 Å². The van der Waals surface area contributed by atoms with Crippen molar-refractivity contribution in [3.8, 4) is 0 Å². The van der Waals surface area contributed by atoms with Gasteiger partial charge in [-0.15, -0.1) is 0 Å². The lowest BCUT2D eigenvalue weighted by atomic mass is 10.0. The van der Waals surface area contributed by atoms with Crippen LogP contribution in [0, 0.1) is 5.92 Å². The van der Waals surface area contributed by atoms with Crippen LogP contribution in [-0.4, -0.2) is 75.1 Å². The van der Waals surface area contributed by atoms with E-state index in [-0.39, 0.29) is 12.3 Å². The number of carbonyl (C=O) groups excluding carboxylic acids is 3. The lowest BCUT2D eigenvalue weighted by Gasteiger charge is -2.25. The molecule has 0 rings (SSSR count). The van der Waals surface area contributed by atoms with Crippen molar-refractivity contribution in [1.29, 1.82) is 0 Å². The number of nitrogens with two attached hydrogens (primary N) is 1. The number of nitrogens with one attached hydrogen (secondary N) is 3. The van der Waals surface area contributed by atoms with Crippen molar-refractivity contribution >= 4 is 35.6 Å². The fraction of sp³-hybridized carbons (Fsp3) is 0.667. The minimum Gasteiger partial charge on any atom is -0.481 e. The van der Waals surface area contributed by atoms with E-state index in [2.05, 4.69) is 10.6 Å². The molecular formula is C18H30N4O9. The highest BCUT2D eigenvalue weighted by Gasteiger charge is 2.31. The number of carboxylic acids is 3. The fourth-order valence-electron chi connectivity index (χ4n) is 2.46. The molecule has 0 aromatic heterocycles. The van der Waals surface area contributed by atoms with Gasteiger partial charge in [0.05, 0.1) is 12.5 Å². The molecule has 4 unspecified atom stereocenters. The first-order chi connectivity index (χ1) is 14.2. The molecule has 0 aliphatic rings. The van der Waals surface area contributed by atoms with E-state index in [0.717, 1.165) is 0 Å². The van der Waals surface area contributed by atoms with Gasteiger partial charge in [-0.2, -0.15) is 0 Å². The first kappa shape index (κ1) is 27.8. The Morgan fingerprint density at radius 3 is 1.65 bits per heavy atom. The molecule has 0 heterocycles. The molecule has 0 fully saturated rings. The molecule has 8 N–H and O–H groups in total. The van der Waals surface area contributed by atoms with Crippen LogP contribution >= 0.6 is 0 Å². The Balaban J connectivity index is 5.45. The number of rotatable bonds is 14. The molecule has 3 amide bonds. The van der Waals surface area contributed by atoms with Crippen molar-refractivity contribution in [2.75, 3.05) is 0 Å². The van der Waals surface area contributed by atoms with E-state index >= 15 is 0 Å². The molecule has 4 atom stereocenters. The van der Waals surface area contributed by atoms with E-state index < -0.39 is 79.1 Å². The molecule has 0 saturated heterocycles. The number of aliphatic carboxylic acids is 3. The summed E-state index contributed by atoms with van der Waals surface area (Å²) in [4.78, 5) is 70.0. The van der Waals surface area contributed by atoms with Gasteiger partial charge in [0.25, 0.3) is 0 Å². The molecule has 0 bridgehead atoms. The topological polar surface area (TPSA) is 225 Å². The highest BCUT2D eigenvalue weighted by atomic mass is 16.4. The van der Waals surface area contributed by atoms with Crippen molar-refractivity contribution in [3.63, 3.8) is 0 Å². The van der Waals surface area contributed by atoms with Crippen molar-refractivity contribution < 1.29 is 44.1 Å². The normalized spacial score (nSPS) is 14.6. The number of hydrogen-bond donors (Lipinski definition) is 7. The maximum atomic E-state index is 12.6. The van der Waals surface area contributed by atoms with Crippen molar-refractivity contribution in [2.45, 2.75) is 70.6 Å². The van der Waals surface area contributed by atoms with E-state index in [1.165, 1.54) is 6.92 Å². The maximum absolute atomic E-state index is 12.6. The van der Waals surface area contributed by atoms with Crippen LogP contribution in [0.3, 0.4) is 0 Å². The molecule has 176 valence electrons. The Labute approximate surface area is 178 Å². The zero-order chi connectivity index (χ0) is 24.3. The maximum Gasteiger partial charge on any atom is 0.326 e. The van der Waals surface area contributed by atoms with E-state index in [4.69, 9.17) is 21.1 Å². The van der Waals surface area contributed by atoms with E-state index in [1.54, 1.807) is 13.8 Å². The van der Waals surface area contributed by atoms with Gasteiger partial charge in [0.2, 0.25) is 17.7 Å². The van der Waals surface area contributed by atoms with Gasteiger partial charge < -0.3 is 37.0 Å². The Morgan fingerprint density at radius 2 is 1.23 bits per heavy atom. The summed E-state index contributed by atoms with van der Waals surface area (Å²) in [5, 5.41) is 33.6. The van der Waals surface area contributed by atoms with E-state index in [9.17, 15) is 28.8 Å². The number of amides is 3. The van der Waals surface area contributed by atoms with E-state index in [0.29, 0.717) is 0 Å². The van der Waals surface area contributed by atoms with Crippen LogP contribution in [0.4, 0.5) is 0 Å². The number of carboxylic acid groups (broad SMARTS) is 3. The first-order valence-electron chi connectivity index (χ1n) is 9.57. The molecule has 13 heteroatoms. The molecule has 31 heavy (non-hydrogen) atoms. The summed E-state index contributed by atoms with van der Waals surface area (Å²) < 4.78 is 0. The summed E-state index contributed by atoms with van der Waals surface area (Å²) >= 11 is 0. The second-order valence-corrected chi connectivity index (χ2v) is 7.47. The minimum atomic E-state index is -1.65. The van der Waals surface area contributed by atoms with Crippen molar-refractivity contribution in [2.24, 2.45) is 11.7 Å². The molecule has 0 aliphatic carbocycles. The summed E-state index contributed by atoms with van der Waals surface area (Å²) in [6.07, 6.45) is -1.68. The van der Waals surface area contributed by atoms with Gasteiger partial charge in [-0.3, -0.25) is 24.0 Å². The zero-order valence-electron chi connectivity index (χ0n) is 17.6. The summed E-state index contributed by atoms with van der Waals surface area (Å²) in [5.74, 6) is -6.88. The first-order valence-corrected chi connectivity index (χ1v) is 9.57. The average Bonchev–Trinajstić information content (AvgIpc) is 2.62. The second kappa shape index (κ2) is 13.2. The Kier molecular flexibility index (Phi) is 11.8. The standard InChI is InChI=1S/C18H30N4O9/c1-8(2)6-11(21-15(27)9(3)19)16(28)22-12(7-14(25)26)17(29)20-10(18(30)31)4-5-13(23)24/h8-12H,4-7,19H2,1-3H3,(H,20,29)(H,21,27)(H,22,28)(H,23,24)(H,25,26)(H,30,31). The Bertz CT molecular complexity index is 694. The third-order valence-electron chi connectivity index (χ3n) is 4.03. The van der Waals surface area contributed by atoms with E-state index in [1.807, 2.05) is 5.32 Å². The molecule has 0 saturated carbocycles. The predicted octanol–water partition coefficient (Wildman–Crippen LogP) is -1.74. The SMILES string of the molecule is CC(C)CC(NC(=O)C(C)N)C(=O)NC(CC(=O)O)C(=O)NC(CCC(=O)O)C(=O)O. The van der Waals surface area contributed by atoms with Crippen LogP contribution in [0.25, 0.3) is 0 Å². The van der Waals surface area contributed by atoms with Gasteiger partial charge >= 0.3 is 17.9 Å². The van der Waals surface area contributed by atoms with Gasteiger partial charge in [0.1, 0.15) is 18.1 Å². The summed E-state index contributed by atoms with van der Waals surface area (Å²) in [6.45, 7) is 4.96. The largest absolute Gasteiger partial charge is 0.481 e. The van der Waals surface area contributed by atoms with Gasteiger partial charge in [-0.05, 0) is 25.7 Å². The van der Waals surface area contributed by atoms with Crippen LogP contribution < -0.4 is 21.7 Å². The van der Waals surface area contributed by atoms with Crippen LogP contribution in [-0.2, 0) is 28.8 Å². The predicted molar refractivity (Wildman–Crippen MR) is 106 cm³/mol. The average molecular weight is 446 g/mol. The fourth-order valence-corrected chi connectivity index (χ4v) is 2.46. The number of carbonyl (C=O) groups is 6. The van der Waals surface area contributed by atoms with Gasteiger partial charge in [-0.1, -0.05) is 13.8 Å². The van der Waals surface area contributed by atoms with Gasteiger partial charge in [0.15, 0.2) is 0 Å². The Hall–Kier alpha value is -3.22. The third-order valence-corrected chi connectivity index (χ3v) is 4.03. The number of hydrogen-bond acceptors (Lipinski definition) is 7. The summed E-state index contributed by atoms with van der Waals surface area (Å²) in [6, 6.07) is -5.27. The highest BCUT2D eigenvalue weighted by Crippen LogP contribution is 2.07. The van der Waals surface area contributed by atoms with Gasteiger partial charge in [-0.25, -0.2) is 4.79 Å². The molecule has 0 spiro atoms. The highest BCUT2D eigenvalue weighted by molar-refractivity contribution is 5.95. The molecule has 0 radical (unpaired) electrons. The summed E-state index contributed by atoms with van der Waals surface area (Å²) in [5.41, 5.74) is 5.48. The molecule has 0 aliphatic heterocycles. The Morgan fingerprint density at radius 1 is 0.742 bits per heavy atom. The smallest absolute Gasteiger partial charge is 0.326 e. The lowest BCUT2D eigenvalue weighted by Crippen LogP contribution is -2.57. The molecule has 13 nitrogen and oxygen atoms in total. The summed E-state index contributed by atoms with van der Waals surface area (Å²) in [7, 11) is 0. The zero-order valence-corrected chi connectivity index (χ0v) is 17.6. The van der Waals surface area contributed by atoms with Crippen LogP contribution in [0.1, 0.15) is 46.5 Å². The molecular weight excluding hydrogens is 416 g/mol. The lowest BCUT2D eigenvalue weighted by molar-refractivity contribution is -0.144. The third kappa shape index (κ3) is 11.5. The van der Waals surface area contributed by atoms with Crippen molar-refractivity contribution in [3.05, 3.63) is 0 Å². The van der Waals surface area contributed by atoms with Crippen LogP contribution in [0.2, 0.25) is 0 Å². The molecule has 0 aromatic carbocycles. The van der Waals surface area contributed by atoms with Crippen LogP contribution in [0.5, 0.6) is 0 Å². The molecule has 0 aromatic rings. The van der Waals surface area contributed by atoms with Gasteiger partial charge in [0, 0.05) is 6.42 Å².